The number of ether oxygens (including phenoxy) is 3. The first-order valence-electron chi connectivity index (χ1n) is 10.6. The lowest BCUT2D eigenvalue weighted by molar-refractivity contribution is -0.228. The minimum Gasteiger partial charge on any atom is -0.459 e. The Hall–Kier alpha value is -2.08. The Bertz CT molecular complexity index is 805. The van der Waals surface area contributed by atoms with E-state index < -0.39 is 12.6 Å². The van der Waals surface area contributed by atoms with Crippen LogP contribution in [0, 0.1) is 13.8 Å². The Morgan fingerprint density at radius 1 is 0.690 bits per heavy atom. The molecule has 5 heteroatoms. The van der Waals surface area contributed by atoms with Crippen molar-refractivity contribution >= 4 is 0 Å². The Labute approximate surface area is 172 Å². The summed E-state index contributed by atoms with van der Waals surface area (Å²) in [5, 5.41) is 18.1. The van der Waals surface area contributed by atoms with Gasteiger partial charge in [0.25, 0.3) is 0 Å². The van der Waals surface area contributed by atoms with Crippen molar-refractivity contribution < 1.29 is 24.4 Å². The second-order valence-corrected chi connectivity index (χ2v) is 8.06. The zero-order valence-corrected chi connectivity index (χ0v) is 17.2. The van der Waals surface area contributed by atoms with Gasteiger partial charge < -0.3 is 19.7 Å². The van der Waals surface area contributed by atoms with E-state index in [1.165, 1.54) is 11.1 Å². The van der Waals surface area contributed by atoms with Crippen LogP contribution in [-0.2, 0) is 17.6 Å². The molecule has 156 valence electrons. The molecule has 0 fully saturated rings. The van der Waals surface area contributed by atoms with Crippen molar-refractivity contribution in [2.75, 3.05) is 13.2 Å². The van der Waals surface area contributed by atoms with Gasteiger partial charge in [-0.2, -0.15) is 0 Å². The summed E-state index contributed by atoms with van der Waals surface area (Å²) in [6, 6.07) is 8.55. The predicted molar refractivity (Wildman–Crippen MR) is 110 cm³/mol. The van der Waals surface area contributed by atoms with E-state index >= 15 is 0 Å². The van der Waals surface area contributed by atoms with Gasteiger partial charge >= 0.3 is 0 Å². The lowest BCUT2D eigenvalue weighted by Crippen LogP contribution is -2.31. The van der Waals surface area contributed by atoms with Crippen LogP contribution in [0.25, 0.3) is 0 Å². The van der Waals surface area contributed by atoms with Gasteiger partial charge in [-0.1, -0.05) is 12.1 Å². The highest BCUT2D eigenvalue weighted by Crippen LogP contribution is 2.50. The molecule has 2 N–H and O–H groups in total. The van der Waals surface area contributed by atoms with Gasteiger partial charge in [0.2, 0.25) is 12.6 Å². The first kappa shape index (κ1) is 20.2. The van der Waals surface area contributed by atoms with Gasteiger partial charge in [-0.15, -0.1) is 0 Å². The van der Waals surface area contributed by atoms with E-state index in [0.717, 1.165) is 72.3 Å². The third-order valence-corrected chi connectivity index (χ3v) is 5.68. The fourth-order valence-electron chi connectivity index (χ4n) is 4.25. The Morgan fingerprint density at radius 3 is 1.55 bits per heavy atom. The minimum absolute atomic E-state index is 0.224. The van der Waals surface area contributed by atoms with Crippen LogP contribution in [0.15, 0.2) is 24.3 Å². The van der Waals surface area contributed by atoms with E-state index in [0.29, 0.717) is 0 Å². The second-order valence-electron chi connectivity index (χ2n) is 8.06. The van der Waals surface area contributed by atoms with Crippen molar-refractivity contribution in [3.8, 4) is 11.5 Å². The highest BCUT2D eigenvalue weighted by molar-refractivity contribution is 5.51. The van der Waals surface area contributed by atoms with Crippen LogP contribution >= 0.6 is 0 Å². The number of aliphatic hydroxyl groups excluding tert-OH is 2. The molecule has 0 amide bonds. The molecule has 0 radical (unpaired) electrons. The molecule has 0 saturated carbocycles. The largest absolute Gasteiger partial charge is 0.459 e. The maximum absolute atomic E-state index is 9.04. The third kappa shape index (κ3) is 4.13. The van der Waals surface area contributed by atoms with Gasteiger partial charge in [-0.3, -0.25) is 4.74 Å². The van der Waals surface area contributed by atoms with Crippen molar-refractivity contribution in [3.63, 3.8) is 0 Å². The fraction of sp³-hybridized carbons (Fsp3) is 0.500. The van der Waals surface area contributed by atoms with E-state index in [4.69, 9.17) is 24.4 Å². The summed E-state index contributed by atoms with van der Waals surface area (Å²) in [7, 11) is 0. The Balaban J connectivity index is 1.61. The number of benzene rings is 2. The molecule has 0 aromatic heterocycles. The molecule has 29 heavy (non-hydrogen) atoms. The number of hydrogen-bond acceptors (Lipinski definition) is 5. The van der Waals surface area contributed by atoms with Crippen LogP contribution in [-0.4, -0.2) is 23.4 Å². The summed E-state index contributed by atoms with van der Waals surface area (Å²) in [6.45, 7) is 4.57. The maximum Gasteiger partial charge on any atom is 0.233 e. The quantitative estimate of drug-likeness (QED) is 0.644. The van der Waals surface area contributed by atoms with Gasteiger partial charge in [0.1, 0.15) is 11.5 Å². The van der Waals surface area contributed by atoms with E-state index in [1.54, 1.807) is 0 Å². The molecule has 2 heterocycles. The molecular weight excluding hydrogens is 368 g/mol. The number of fused-ring (bicyclic) bond motifs is 6. The van der Waals surface area contributed by atoms with E-state index in [-0.39, 0.29) is 13.2 Å². The van der Waals surface area contributed by atoms with Crippen LogP contribution in [0.1, 0.15) is 71.6 Å². The number of hydrogen-bond donors (Lipinski definition) is 2. The van der Waals surface area contributed by atoms with Crippen molar-refractivity contribution in [2.45, 2.75) is 65.0 Å². The predicted octanol–water partition coefficient (Wildman–Crippen LogP) is 4.43. The third-order valence-electron chi connectivity index (χ3n) is 5.68. The lowest BCUT2D eigenvalue weighted by atomic mass is 9.96. The normalized spacial score (nSPS) is 19.2. The first-order chi connectivity index (χ1) is 14.1. The van der Waals surface area contributed by atoms with E-state index in [1.807, 2.05) is 0 Å². The highest BCUT2D eigenvalue weighted by Gasteiger charge is 2.39. The molecule has 2 aliphatic rings. The standard InChI is InChI=1S/C24H30O5/c1-15-11-17(7-3-5-9-25)13-19-21(15)27-24-20-14-18(8-4-6-10-26)12-16(2)22(20)28-23(19)29-24/h11-14,23-26H,3-10H2,1-2H3. The molecule has 4 rings (SSSR count). The Kier molecular flexibility index (Phi) is 6.09. The van der Waals surface area contributed by atoms with Gasteiger partial charge in [0.05, 0.1) is 11.1 Å². The first-order valence-corrected chi connectivity index (χ1v) is 10.6. The summed E-state index contributed by atoms with van der Waals surface area (Å²) in [6.07, 6.45) is 4.40. The summed E-state index contributed by atoms with van der Waals surface area (Å²) in [5.74, 6) is 1.71. The van der Waals surface area contributed by atoms with Gasteiger partial charge in [0, 0.05) is 13.2 Å². The molecule has 2 aromatic carbocycles. The van der Waals surface area contributed by atoms with Crippen molar-refractivity contribution in [2.24, 2.45) is 0 Å². The molecule has 2 bridgehead atoms. The maximum atomic E-state index is 9.04. The van der Waals surface area contributed by atoms with Crippen molar-refractivity contribution in [3.05, 3.63) is 57.6 Å². The van der Waals surface area contributed by atoms with Gasteiger partial charge in [-0.05, 0) is 86.8 Å². The van der Waals surface area contributed by atoms with Gasteiger partial charge in [-0.25, -0.2) is 0 Å². The average Bonchev–Trinajstić information content (AvgIpc) is 2.70. The fourth-order valence-corrected chi connectivity index (χ4v) is 4.25. The van der Waals surface area contributed by atoms with E-state index in [2.05, 4.69) is 38.1 Å². The van der Waals surface area contributed by atoms with Crippen LogP contribution < -0.4 is 9.47 Å². The molecule has 2 aliphatic heterocycles. The SMILES string of the molecule is Cc1cc(CCCCO)cc2c1OC1OC2Oc2c(C)cc(CCCCO)cc21. The number of unbranched alkanes of at least 4 members (excludes halogenated alkanes) is 2. The molecule has 0 spiro atoms. The molecule has 2 aromatic rings. The molecule has 0 saturated heterocycles. The monoisotopic (exact) mass is 398 g/mol. The summed E-state index contributed by atoms with van der Waals surface area (Å²) in [5.41, 5.74) is 6.48. The molecular formula is C24H30O5. The zero-order valence-electron chi connectivity index (χ0n) is 17.2. The van der Waals surface area contributed by atoms with Crippen molar-refractivity contribution in [1.82, 2.24) is 0 Å². The van der Waals surface area contributed by atoms with Crippen LogP contribution in [0.4, 0.5) is 0 Å². The molecule has 0 aliphatic carbocycles. The summed E-state index contributed by atoms with van der Waals surface area (Å²) < 4.78 is 18.7. The number of aliphatic hydroxyl groups is 2. The smallest absolute Gasteiger partial charge is 0.233 e. The van der Waals surface area contributed by atoms with Gasteiger partial charge in [0.15, 0.2) is 0 Å². The summed E-state index contributed by atoms with van der Waals surface area (Å²) >= 11 is 0. The van der Waals surface area contributed by atoms with E-state index in [9.17, 15) is 0 Å². The molecule has 2 atom stereocenters. The lowest BCUT2D eigenvalue weighted by Gasteiger charge is -2.39. The highest BCUT2D eigenvalue weighted by atomic mass is 16.8. The second kappa shape index (κ2) is 8.74. The molecule has 5 nitrogen and oxygen atoms in total. The average molecular weight is 398 g/mol. The topological polar surface area (TPSA) is 68.2 Å². The molecule has 2 unspecified atom stereocenters. The Morgan fingerprint density at radius 2 is 1.14 bits per heavy atom. The van der Waals surface area contributed by atoms with Crippen LogP contribution in [0.2, 0.25) is 0 Å². The number of rotatable bonds is 8. The summed E-state index contributed by atoms with van der Waals surface area (Å²) in [4.78, 5) is 0. The number of aryl methyl sites for hydroxylation is 4. The zero-order chi connectivity index (χ0) is 20.4. The van der Waals surface area contributed by atoms with Crippen molar-refractivity contribution in [1.29, 1.82) is 0 Å². The van der Waals surface area contributed by atoms with Crippen LogP contribution in [0.3, 0.4) is 0 Å². The minimum atomic E-state index is -0.466. The van der Waals surface area contributed by atoms with Crippen LogP contribution in [0.5, 0.6) is 11.5 Å².